The van der Waals surface area contributed by atoms with Crippen molar-refractivity contribution in [3.05, 3.63) is 23.3 Å². The van der Waals surface area contributed by atoms with E-state index in [1.807, 2.05) is 26.0 Å². The molecule has 1 aliphatic rings. The average molecular weight is 341 g/mol. The van der Waals surface area contributed by atoms with Gasteiger partial charge in [0.05, 0.1) is 37.7 Å². The Morgan fingerprint density at radius 2 is 1.87 bits per heavy atom. The van der Waals surface area contributed by atoms with E-state index in [9.17, 15) is 13.2 Å². The first kappa shape index (κ1) is 17.6. The van der Waals surface area contributed by atoms with Gasteiger partial charge in [0.1, 0.15) is 0 Å². The van der Waals surface area contributed by atoms with Gasteiger partial charge in [0.25, 0.3) is 0 Å². The van der Waals surface area contributed by atoms with Crippen LogP contribution in [0.25, 0.3) is 0 Å². The molecule has 1 fully saturated rings. The minimum atomic E-state index is -3.07. The van der Waals surface area contributed by atoms with E-state index < -0.39 is 15.8 Å². The third kappa shape index (κ3) is 3.96. The molecule has 1 N–H and O–H groups in total. The van der Waals surface area contributed by atoms with Gasteiger partial charge in [-0.3, -0.25) is 4.79 Å². The number of hydrogen-bond donors (Lipinski definition) is 1. The second kappa shape index (κ2) is 6.78. The van der Waals surface area contributed by atoms with Gasteiger partial charge >= 0.3 is 0 Å². The van der Waals surface area contributed by atoms with Gasteiger partial charge in [0.2, 0.25) is 5.91 Å². The van der Waals surface area contributed by atoms with Gasteiger partial charge in [-0.15, -0.1) is 0 Å². The van der Waals surface area contributed by atoms with Crippen LogP contribution in [-0.2, 0) is 14.6 Å². The molecule has 1 saturated heterocycles. The molecule has 0 saturated carbocycles. The minimum absolute atomic E-state index is 0.0591. The van der Waals surface area contributed by atoms with E-state index in [0.29, 0.717) is 17.9 Å². The van der Waals surface area contributed by atoms with E-state index in [1.54, 1.807) is 14.2 Å². The Labute approximate surface area is 137 Å². The molecule has 0 spiro atoms. The molecule has 1 aromatic carbocycles. The molecule has 23 heavy (non-hydrogen) atoms. The molecule has 128 valence electrons. The van der Waals surface area contributed by atoms with Crippen molar-refractivity contribution in [3.8, 4) is 11.5 Å². The SMILES string of the molecule is COc1cc(C)c([C@H](C)NC(=O)[C@H]2CCS(=O)(=O)C2)cc1OC. The number of aryl methyl sites for hydroxylation is 1. The smallest absolute Gasteiger partial charge is 0.224 e. The molecule has 0 radical (unpaired) electrons. The standard InChI is InChI=1S/C16H23NO5S/c1-10-7-14(21-3)15(22-4)8-13(10)11(2)17-16(18)12-5-6-23(19,20)9-12/h7-8,11-12H,5-6,9H2,1-4H3,(H,17,18)/t11-,12-/m0/s1. The van der Waals surface area contributed by atoms with Crippen molar-refractivity contribution in [1.82, 2.24) is 5.32 Å². The summed E-state index contributed by atoms with van der Waals surface area (Å²) in [5.74, 6) is 0.591. The second-order valence-corrected chi connectivity index (χ2v) is 8.12. The van der Waals surface area contributed by atoms with Crippen molar-refractivity contribution < 1.29 is 22.7 Å². The largest absolute Gasteiger partial charge is 0.493 e. The van der Waals surface area contributed by atoms with Crippen molar-refractivity contribution in [2.75, 3.05) is 25.7 Å². The molecule has 2 atom stereocenters. The number of rotatable bonds is 5. The van der Waals surface area contributed by atoms with Crippen LogP contribution in [0, 0.1) is 12.8 Å². The second-order valence-electron chi connectivity index (χ2n) is 5.89. The van der Waals surface area contributed by atoms with Crippen LogP contribution in [0.15, 0.2) is 12.1 Å². The number of ether oxygens (including phenoxy) is 2. The van der Waals surface area contributed by atoms with Gasteiger partial charge in [-0.1, -0.05) is 0 Å². The summed E-state index contributed by atoms with van der Waals surface area (Å²) < 4.78 is 33.6. The van der Waals surface area contributed by atoms with Crippen molar-refractivity contribution >= 4 is 15.7 Å². The summed E-state index contributed by atoms with van der Waals surface area (Å²) in [6, 6.07) is 3.45. The molecule has 1 amide bonds. The van der Waals surface area contributed by atoms with Crippen LogP contribution in [0.1, 0.15) is 30.5 Å². The lowest BCUT2D eigenvalue weighted by Crippen LogP contribution is -2.33. The number of carbonyl (C=O) groups excluding carboxylic acids is 1. The Morgan fingerprint density at radius 1 is 1.26 bits per heavy atom. The number of methoxy groups -OCH3 is 2. The number of carbonyl (C=O) groups is 1. The van der Waals surface area contributed by atoms with Gasteiger partial charge in [-0.25, -0.2) is 8.42 Å². The predicted octanol–water partition coefficient (Wildman–Crippen LogP) is 1.62. The van der Waals surface area contributed by atoms with Crippen LogP contribution in [0.3, 0.4) is 0 Å². The maximum absolute atomic E-state index is 12.3. The summed E-state index contributed by atoms with van der Waals surface area (Å²) >= 11 is 0. The first-order valence-corrected chi connectivity index (χ1v) is 9.33. The highest BCUT2D eigenvalue weighted by atomic mass is 32.2. The maximum atomic E-state index is 12.3. The first-order chi connectivity index (χ1) is 10.8. The number of hydrogen-bond acceptors (Lipinski definition) is 5. The van der Waals surface area contributed by atoms with Crippen molar-refractivity contribution in [2.45, 2.75) is 26.3 Å². The number of sulfone groups is 1. The minimum Gasteiger partial charge on any atom is -0.493 e. The molecular formula is C16H23NO5S. The van der Waals surface area contributed by atoms with Crippen LogP contribution in [-0.4, -0.2) is 40.1 Å². The summed E-state index contributed by atoms with van der Waals surface area (Å²) in [4.78, 5) is 12.3. The van der Waals surface area contributed by atoms with E-state index in [-0.39, 0.29) is 23.5 Å². The zero-order valence-electron chi connectivity index (χ0n) is 13.9. The summed E-state index contributed by atoms with van der Waals surface area (Å²) in [6.07, 6.45) is 0.395. The summed E-state index contributed by atoms with van der Waals surface area (Å²) in [6.45, 7) is 3.80. The number of amides is 1. The average Bonchev–Trinajstić information content (AvgIpc) is 2.86. The van der Waals surface area contributed by atoms with E-state index in [0.717, 1.165) is 11.1 Å². The summed E-state index contributed by atoms with van der Waals surface area (Å²) in [5, 5.41) is 2.91. The zero-order chi connectivity index (χ0) is 17.2. The van der Waals surface area contributed by atoms with Crippen LogP contribution in [0.2, 0.25) is 0 Å². The topological polar surface area (TPSA) is 81.7 Å². The molecule has 1 aliphatic heterocycles. The Balaban J connectivity index is 2.14. The maximum Gasteiger partial charge on any atom is 0.224 e. The van der Waals surface area contributed by atoms with Gasteiger partial charge in [-0.05, 0) is 43.5 Å². The van der Waals surface area contributed by atoms with E-state index in [4.69, 9.17) is 9.47 Å². The first-order valence-electron chi connectivity index (χ1n) is 7.50. The normalized spacial score (nSPS) is 20.8. The lowest BCUT2D eigenvalue weighted by molar-refractivity contribution is -0.124. The number of benzene rings is 1. The molecule has 1 heterocycles. The summed E-state index contributed by atoms with van der Waals surface area (Å²) in [7, 11) is 0.0651. The highest BCUT2D eigenvalue weighted by molar-refractivity contribution is 7.91. The van der Waals surface area contributed by atoms with E-state index in [2.05, 4.69) is 5.32 Å². The van der Waals surface area contributed by atoms with Crippen molar-refractivity contribution in [2.24, 2.45) is 5.92 Å². The fourth-order valence-electron chi connectivity index (χ4n) is 2.87. The molecule has 0 bridgehead atoms. The third-order valence-corrected chi connectivity index (χ3v) is 5.97. The number of nitrogens with one attached hydrogen (secondary N) is 1. The van der Waals surface area contributed by atoms with Gasteiger partial charge in [0, 0.05) is 0 Å². The molecular weight excluding hydrogens is 318 g/mol. The highest BCUT2D eigenvalue weighted by Crippen LogP contribution is 2.33. The fourth-order valence-corrected chi connectivity index (χ4v) is 4.62. The molecule has 0 unspecified atom stereocenters. The highest BCUT2D eigenvalue weighted by Gasteiger charge is 2.33. The van der Waals surface area contributed by atoms with E-state index >= 15 is 0 Å². The Morgan fingerprint density at radius 3 is 2.39 bits per heavy atom. The molecule has 6 nitrogen and oxygen atoms in total. The molecule has 0 aromatic heterocycles. The quantitative estimate of drug-likeness (QED) is 0.880. The van der Waals surface area contributed by atoms with Crippen LogP contribution >= 0.6 is 0 Å². The lowest BCUT2D eigenvalue weighted by atomic mass is 10.00. The van der Waals surface area contributed by atoms with Crippen molar-refractivity contribution in [1.29, 1.82) is 0 Å². The van der Waals surface area contributed by atoms with Crippen molar-refractivity contribution in [3.63, 3.8) is 0 Å². The van der Waals surface area contributed by atoms with E-state index in [1.165, 1.54) is 0 Å². The van der Waals surface area contributed by atoms with Gasteiger partial charge in [0.15, 0.2) is 21.3 Å². The molecule has 1 aromatic rings. The summed E-state index contributed by atoms with van der Waals surface area (Å²) in [5.41, 5.74) is 1.88. The molecule has 0 aliphatic carbocycles. The zero-order valence-corrected chi connectivity index (χ0v) is 14.7. The van der Waals surface area contributed by atoms with Gasteiger partial charge < -0.3 is 14.8 Å². The molecule has 7 heteroatoms. The van der Waals surface area contributed by atoms with Gasteiger partial charge in [-0.2, -0.15) is 0 Å². The van der Waals surface area contributed by atoms with Crippen LogP contribution in [0.5, 0.6) is 11.5 Å². The Bertz CT molecular complexity index is 699. The van der Waals surface area contributed by atoms with Crippen LogP contribution < -0.4 is 14.8 Å². The fraction of sp³-hybridized carbons (Fsp3) is 0.562. The monoisotopic (exact) mass is 341 g/mol. The predicted molar refractivity (Wildman–Crippen MR) is 87.6 cm³/mol. The lowest BCUT2D eigenvalue weighted by Gasteiger charge is -2.20. The third-order valence-electron chi connectivity index (χ3n) is 4.20. The molecule has 2 rings (SSSR count). The van der Waals surface area contributed by atoms with Crippen LogP contribution in [0.4, 0.5) is 0 Å². The Kier molecular flexibility index (Phi) is 5.19. The Hall–Kier alpha value is -1.76.